The first-order valence-corrected chi connectivity index (χ1v) is 7.51. The maximum absolute atomic E-state index is 12.1. The molecule has 0 bridgehead atoms. The van der Waals surface area contributed by atoms with Gasteiger partial charge in [0.15, 0.2) is 6.61 Å². The van der Waals surface area contributed by atoms with E-state index in [2.05, 4.69) is 10.6 Å². The van der Waals surface area contributed by atoms with Crippen LogP contribution in [0.25, 0.3) is 0 Å². The lowest BCUT2D eigenvalue weighted by molar-refractivity contribution is -0.130. The van der Waals surface area contributed by atoms with Crippen LogP contribution in [0.1, 0.15) is 12.8 Å². The van der Waals surface area contributed by atoms with E-state index in [9.17, 15) is 9.59 Å². The van der Waals surface area contributed by atoms with E-state index in [0.29, 0.717) is 5.75 Å². The van der Waals surface area contributed by atoms with Gasteiger partial charge in [-0.15, -0.1) is 12.4 Å². The smallest absolute Gasteiger partial charge is 0.259 e. The van der Waals surface area contributed by atoms with Crippen molar-refractivity contribution in [3.8, 4) is 5.75 Å². The number of anilines is 1. The molecule has 6 nitrogen and oxygen atoms in total. The number of halogens is 1. The van der Waals surface area contributed by atoms with Gasteiger partial charge >= 0.3 is 0 Å². The summed E-state index contributed by atoms with van der Waals surface area (Å²) in [5.41, 5.74) is 0.738. The van der Waals surface area contributed by atoms with E-state index in [0.717, 1.165) is 31.6 Å². The molecular formula is C16H24ClN3O3. The van der Waals surface area contributed by atoms with E-state index in [1.165, 1.54) is 4.90 Å². The van der Waals surface area contributed by atoms with Gasteiger partial charge in [-0.3, -0.25) is 9.59 Å². The molecule has 0 aliphatic carbocycles. The number of nitrogens with zero attached hydrogens (tertiary/aromatic N) is 1. The summed E-state index contributed by atoms with van der Waals surface area (Å²) >= 11 is 0. The van der Waals surface area contributed by atoms with Crippen molar-refractivity contribution >= 4 is 29.9 Å². The number of benzene rings is 1. The van der Waals surface area contributed by atoms with Crippen LogP contribution in [0, 0.1) is 5.92 Å². The van der Waals surface area contributed by atoms with E-state index in [1.54, 1.807) is 38.4 Å². The van der Waals surface area contributed by atoms with Crippen molar-refractivity contribution in [3.63, 3.8) is 0 Å². The Hall–Kier alpha value is -1.79. The van der Waals surface area contributed by atoms with Crippen LogP contribution in [0.4, 0.5) is 5.69 Å². The lowest BCUT2D eigenvalue weighted by Gasteiger charge is -2.21. The minimum atomic E-state index is -0.0952. The molecule has 23 heavy (non-hydrogen) atoms. The molecule has 2 amide bonds. The first-order valence-electron chi connectivity index (χ1n) is 7.51. The first kappa shape index (κ1) is 19.3. The molecule has 1 aromatic carbocycles. The third-order valence-corrected chi connectivity index (χ3v) is 3.65. The Morgan fingerprint density at radius 3 is 2.57 bits per heavy atom. The number of carbonyl (C=O) groups excluding carboxylic acids is 2. The minimum Gasteiger partial charge on any atom is -0.484 e. The van der Waals surface area contributed by atoms with E-state index in [-0.39, 0.29) is 36.7 Å². The highest BCUT2D eigenvalue weighted by atomic mass is 35.5. The highest BCUT2D eigenvalue weighted by Gasteiger charge is 2.20. The lowest BCUT2D eigenvalue weighted by atomic mass is 9.99. The van der Waals surface area contributed by atoms with Crippen molar-refractivity contribution in [3.05, 3.63) is 24.3 Å². The van der Waals surface area contributed by atoms with Crippen LogP contribution in [-0.2, 0) is 9.59 Å². The maximum atomic E-state index is 12.1. The number of hydrogen-bond acceptors (Lipinski definition) is 4. The Labute approximate surface area is 143 Å². The summed E-state index contributed by atoms with van der Waals surface area (Å²) < 4.78 is 5.39. The van der Waals surface area contributed by atoms with Gasteiger partial charge in [-0.05, 0) is 43.7 Å². The molecule has 0 saturated carbocycles. The predicted molar refractivity (Wildman–Crippen MR) is 92.1 cm³/mol. The lowest BCUT2D eigenvalue weighted by Crippen LogP contribution is -2.37. The molecule has 1 saturated heterocycles. The Morgan fingerprint density at radius 1 is 1.30 bits per heavy atom. The summed E-state index contributed by atoms with van der Waals surface area (Å²) in [6, 6.07) is 7.06. The Balaban J connectivity index is 0.00000264. The zero-order valence-corrected chi connectivity index (χ0v) is 14.3. The average Bonchev–Trinajstić information content (AvgIpc) is 2.54. The van der Waals surface area contributed by atoms with Gasteiger partial charge in [0.1, 0.15) is 5.75 Å². The van der Waals surface area contributed by atoms with Gasteiger partial charge in [0.25, 0.3) is 5.91 Å². The highest BCUT2D eigenvalue weighted by Crippen LogP contribution is 2.18. The van der Waals surface area contributed by atoms with Crippen molar-refractivity contribution in [1.82, 2.24) is 10.2 Å². The largest absolute Gasteiger partial charge is 0.484 e. The monoisotopic (exact) mass is 341 g/mol. The van der Waals surface area contributed by atoms with Crippen LogP contribution in [0.5, 0.6) is 5.75 Å². The molecule has 1 aliphatic heterocycles. The van der Waals surface area contributed by atoms with Crippen molar-refractivity contribution in [1.29, 1.82) is 0 Å². The Bertz CT molecular complexity index is 514. The van der Waals surface area contributed by atoms with Gasteiger partial charge < -0.3 is 20.3 Å². The molecule has 0 spiro atoms. The second kappa shape index (κ2) is 9.37. The Kier molecular flexibility index (Phi) is 7.85. The maximum Gasteiger partial charge on any atom is 0.259 e. The molecule has 1 unspecified atom stereocenters. The fraction of sp³-hybridized carbons (Fsp3) is 0.500. The van der Waals surface area contributed by atoms with Gasteiger partial charge in [0, 0.05) is 26.3 Å². The van der Waals surface area contributed by atoms with E-state index in [1.807, 2.05) is 0 Å². The number of hydrogen-bond donors (Lipinski definition) is 2. The van der Waals surface area contributed by atoms with E-state index >= 15 is 0 Å². The van der Waals surface area contributed by atoms with Gasteiger partial charge in [-0.25, -0.2) is 0 Å². The van der Waals surface area contributed by atoms with Crippen LogP contribution in [0.15, 0.2) is 24.3 Å². The predicted octanol–water partition coefficient (Wildman–Crippen LogP) is 1.51. The third-order valence-electron chi connectivity index (χ3n) is 3.65. The summed E-state index contributed by atoms with van der Waals surface area (Å²) in [5, 5.41) is 6.14. The number of likely N-dealkylation sites (N-methyl/N-ethyl adjacent to an activating group) is 1. The number of piperidine rings is 1. The second-order valence-electron chi connectivity index (χ2n) is 5.63. The van der Waals surface area contributed by atoms with Crippen LogP contribution < -0.4 is 15.4 Å². The summed E-state index contributed by atoms with van der Waals surface area (Å²) in [4.78, 5) is 25.0. The molecule has 7 heteroatoms. The molecule has 1 atom stereocenters. The quantitative estimate of drug-likeness (QED) is 0.851. The van der Waals surface area contributed by atoms with Gasteiger partial charge in [-0.2, -0.15) is 0 Å². The van der Waals surface area contributed by atoms with Crippen molar-refractivity contribution in [2.75, 3.05) is 39.1 Å². The Morgan fingerprint density at radius 2 is 2.00 bits per heavy atom. The third kappa shape index (κ3) is 6.08. The molecular weight excluding hydrogens is 318 g/mol. The summed E-state index contributed by atoms with van der Waals surface area (Å²) in [5.74, 6) is 0.584. The van der Waals surface area contributed by atoms with Crippen molar-refractivity contribution in [2.24, 2.45) is 5.92 Å². The highest BCUT2D eigenvalue weighted by molar-refractivity contribution is 5.92. The van der Waals surface area contributed by atoms with E-state index < -0.39 is 0 Å². The average molecular weight is 342 g/mol. The van der Waals surface area contributed by atoms with Gasteiger partial charge in [-0.1, -0.05) is 0 Å². The van der Waals surface area contributed by atoms with Gasteiger partial charge in [0.05, 0.1) is 5.92 Å². The fourth-order valence-electron chi connectivity index (χ4n) is 2.23. The van der Waals surface area contributed by atoms with Crippen LogP contribution >= 0.6 is 12.4 Å². The molecule has 1 aromatic rings. The van der Waals surface area contributed by atoms with Crippen LogP contribution in [0.3, 0.4) is 0 Å². The molecule has 0 radical (unpaired) electrons. The van der Waals surface area contributed by atoms with Crippen LogP contribution in [0.2, 0.25) is 0 Å². The summed E-state index contributed by atoms with van der Waals surface area (Å²) in [6.07, 6.45) is 1.96. The molecule has 128 valence electrons. The molecule has 1 fully saturated rings. The molecule has 2 rings (SSSR count). The molecule has 0 aromatic heterocycles. The topological polar surface area (TPSA) is 70.7 Å². The van der Waals surface area contributed by atoms with Crippen molar-refractivity contribution in [2.45, 2.75) is 12.8 Å². The standard InChI is InChI=1S/C16H23N3O3.ClH/c1-19(2)15(20)11-22-14-7-5-13(6-8-14)18-16(21)12-4-3-9-17-10-12;/h5-8,12,17H,3-4,9-11H2,1-2H3,(H,18,21);1H. The molecule has 2 N–H and O–H groups in total. The number of rotatable bonds is 5. The van der Waals surface area contributed by atoms with Crippen molar-refractivity contribution < 1.29 is 14.3 Å². The summed E-state index contributed by atoms with van der Waals surface area (Å²) in [7, 11) is 3.37. The SMILES string of the molecule is CN(C)C(=O)COc1ccc(NC(=O)C2CCCNC2)cc1.Cl. The zero-order valence-electron chi connectivity index (χ0n) is 13.5. The zero-order chi connectivity index (χ0) is 15.9. The number of nitrogens with one attached hydrogen (secondary N) is 2. The number of ether oxygens (including phenoxy) is 1. The molecule has 1 heterocycles. The second-order valence-corrected chi connectivity index (χ2v) is 5.63. The minimum absolute atomic E-state index is 0. The number of amides is 2. The first-order chi connectivity index (χ1) is 10.6. The fourth-order valence-corrected chi connectivity index (χ4v) is 2.23. The van der Waals surface area contributed by atoms with E-state index in [4.69, 9.17) is 4.74 Å². The normalized spacial score (nSPS) is 16.9. The molecule has 1 aliphatic rings. The van der Waals surface area contributed by atoms with Crippen LogP contribution in [-0.4, -0.2) is 50.5 Å². The van der Waals surface area contributed by atoms with Gasteiger partial charge in [0.2, 0.25) is 5.91 Å². The summed E-state index contributed by atoms with van der Waals surface area (Å²) in [6.45, 7) is 1.73. The number of carbonyl (C=O) groups is 2.